The molecule has 1 aliphatic carbocycles. The van der Waals surface area contributed by atoms with Crippen LogP contribution in [0, 0.1) is 5.92 Å². The smallest absolute Gasteiger partial charge is 0.416 e. The third-order valence-corrected chi connectivity index (χ3v) is 8.10. The summed E-state index contributed by atoms with van der Waals surface area (Å²) in [5.41, 5.74) is -2.27. The Morgan fingerprint density at radius 3 is 2.59 bits per heavy atom. The number of pyridine rings is 1. The lowest BCUT2D eigenvalue weighted by atomic mass is 9.67. The van der Waals surface area contributed by atoms with Gasteiger partial charge in [-0.15, -0.1) is 0 Å². The minimum absolute atomic E-state index is 0.0334. The quantitative estimate of drug-likeness (QED) is 0.342. The third kappa shape index (κ3) is 6.99. The van der Waals surface area contributed by atoms with Crippen molar-refractivity contribution in [1.82, 2.24) is 20.9 Å². The molecule has 0 unspecified atom stereocenters. The molecule has 2 amide bonds. The highest BCUT2D eigenvalue weighted by molar-refractivity contribution is 5.96. The number of aliphatic hydroxyl groups is 1. The molecule has 1 saturated heterocycles. The molecular weight excluding hydrogens is 541 g/mol. The Bertz CT molecular complexity index is 1200. The first-order valence-corrected chi connectivity index (χ1v) is 13.8. The summed E-state index contributed by atoms with van der Waals surface area (Å²) < 4.78 is 50.5. The summed E-state index contributed by atoms with van der Waals surface area (Å²) >= 11 is 0. The van der Waals surface area contributed by atoms with Crippen molar-refractivity contribution < 1.29 is 37.3 Å². The molecule has 12 heteroatoms. The Balaban J connectivity index is 1.45. The molecule has 1 aromatic heterocycles. The molecule has 2 atom stereocenters. The van der Waals surface area contributed by atoms with Gasteiger partial charge in [-0.3, -0.25) is 9.59 Å². The van der Waals surface area contributed by atoms with Gasteiger partial charge in [-0.1, -0.05) is 13.0 Å². The van der Waals surface area contributed by atoms with Crippen LogP contribution in [0.3, 0.4) is 0 Å². The summed E-state index contributed by atoms with van der Waals surface area (Å²) in [6.07, 6.45) is -0.383. The number of methoxy groups -OCH3 is 1. The molecule has 4 N–H and O–H groups in total. The summed E-state index contributed by atoms with van der Waals surface area (Å²) in [6, 6.07) is 7.57. The largest absolute Gasteiger partial charge is 0.481 e. The molecular formula is C29H37F3N4O5. The van der Waals surface area contributed by atoms with Crippen LogP contribution in [0.25, 0.3) is 0 Å². The van der Waals surface area contributed by atoms with Gasteiger partial charge in [-0.25, -0.2) is 4.98 Å². The number of amides is 2. The zero-order chi connectivity index (χ0) is 29.7. The molecule has 0 radical (unpaired) electrons. The van der Waals surface area contributed by atoms with Gasteiger partial charge in [0.1, 0.15) is 0 Å². The van der Waals surface area contributed by atoms with E-state index in [-0.39, 0.29) is 17.6 Å². The Labute approximate surface area is 237 Å². The van der Waals surface area contributed by atoms with E-state index in [1.807, 2.05) is 6.92 Å². The number of alkyl halides is 3. The van der Waals surface area contributed by atoms with E-state index in [1.54, 1.807) is 18.3 Å². The highest BCUT2D eigenvalue weighted by atomic mass is 19.4. The van der Waals surface area contributed by atoms with E-state index in [0.29, 0.717) is 56.8 Å². The van der Waals surface area contributed by atoms with Gasteiger partial charge in [0, 0.05) is 43.1 Å². The maximum Gasteiger partial charge on any atom is 0.416 e. The van der Waals surface area contributed by atoms with Crippen molar-refractivity contribution in [2.24, 2.45) is 5.92 Å². The van der Waals surface area contributed by atoms with Gasteiger partial charge in [-0.05, 0) is 62.3 Å². The summed E-state index contributed by atoms with van der Waals surface area (Å²) in [5.74, 6) is -0.825. The normalized spacial score (nSPS) is 26.4. The molecule has 2 heterocycles. The van der Waals surface area contributed by atoms with Crippen molar-refractivity contribution in [2.45, 2.75) is 62.4 Å². The highest BCUT2D eigenvalue weighted by Gasteiger charge is 2.52. The van der Waals surface area contributed by atoms with E-state index in [1.165, 1.54) is 13.2 Å². The SMILES string of the molecule is CCCO[C@H]1CNC[C@@]1(NC(=O)CNC(=O)c1cccc(C(F)(F)F)c1)C1CCC(O)(c2ccc(OC)nc2)CC1. The number of carbonyl (C=O) groups excluding carboxylic acids is 2. The summed E-state index contributed by atoms with van der Waals surface area (Å²) in [7, 11) is 1.53. The lowest BCUT2D eigenvalue weighted by molar-refractivity contribution is -0.137. The summed E-state index contributed by atoms with van der Waals surface area (Å²) in [6.45, 7) is 3.06. The minimum Gasteiger partial charge on any atom is -0.481 e. The molecule has 9 nitrogen and oxygen atoms in total. The van der Waals surface area contributed by atoms with Crippen molar-refractivity contribution in [2.75, 3.05) is 33.4 Å². The molecule has 0 bridgehead atoms. The topological polar surface area (TPSA) is 122 Å². The first kappa shape index (κ1) is 30.7. The van der Waals surface area contributed by atoms with Gasteiger partial charge in [0.15, 0.2) is 0 Å². The van der Waals surface area contributed by atoms with E-state index in [9.17, 15) is 27.9 Å². The molecule has 41 heavy (non-hydrogen) atoms. The van der Waals surface area contributed by atoms with Crippen LogP contribution >= 0.6 is 0 Å². The Morgan fingerprint density at radius 1 is 1.20 bits per heavy atom. The average Bonchev–Trinajstić information content (AvgIpc) is 3.37. The van der Waals surface area contributed by atoms with Gasteiger partial charge < -0.3 is 30.5 Å². The molecule has 4 rings (SSSR count). The average molecular weight is 579 g/mol. The monoisotopic (exact) mass is 578 g/mol. The lowest BCUT2D eigenvalue weighted by Crippen LogP contribution is -2.64. The van der Waals surface area contributed by atoms with Crippen molar-refractivity contribution in [3.63, 3.8) is 0 Å². The van der Waals surface area contributed by atoms with Crippen LogP contribution in [-0.4, -0.2) is 66.9 Å². The van der Waals surface area contributed by atoms with E-state index in [0.717, 1.165) is 24.6 Å². The number of nitrogens with zero attached hydrogens (tertiary/aromatic N) is 1. The van der Waals surface area contributed by atoms with Crippen molar-refractivity contribution in [1.29, 1.82) is 0 Å². The van der Waals surface area contributed by atoms with Crippen LogP contribution in [0.2, 0.25) is 0 Å². The van der Waals surface area contributed by atoms with Gasteiger partial charge in [0.05, 0.1) is 36.5 Å². The molecule has 2 aliphatic rings. The maximum atomic E-state index is 13.2. The first-order valence-electron chi connectivity index (χ1n) is 13.8. The third-order valence-electron chi connectivity index (χ3n) is 8.10. The molecule has 1 saturated carbocycles. The number of nitrogens with one attached hydrogen (secondary N) is 3. The highest BCUT2D eigenvalue weighted by Crippen LogP contribution is 2.45. The van der Waals surface area contributed by atoms with Crippen LogP contribution in [0.1, 0.15) is 60.5 Å². The first-order chi connectivity index (χ1) is 19.5. The number of carbonyl (C=O) groups is 2. The predicted octanol–water partition coefficient (Wildman–Crippen LogP) is 3.17. The van der Waals surface area contributed by atoms with E-state index < -0.39 is 41.2 Å². The lowest BCUT2D eigenvalue weighted by Gasteiger charge is -2.47. The van der Waals surface area contributed by atoms with Gasteiger partial charge in [0.2, 0.25) is 11.8 Å². The van der Waals surface area contributed by atoms with Crippen LogP contribution in [-0.2, 0) is 21.3 Å². The fourth-order valence-corrected chi connectivity index (χ4v) is 5.89. The number of rotatable bonds is 10. The summed E-state index contributed by atoms with van der Waals surface area (Å²) in [5, 5.41) is 20.3. The van der Waals surface area contributed by atoms with Crippen LogP contribution in [0.4, 0.5) is 13.2 Å². The molecule has 2 aromatic rings. The van der Waals surface area contributed by atoms with Crippen LogP contribution in [0.15, 0.2) is 42.6 Å². The number of hydrogen-bond acceptors (Lipinski definition) is 7. The van der Waals surface area contributed by atoms with Gasteiger partial charge in [0.25, 0.3) is 5.91 Å². The molecule has 1 aromatic carbocycles. The number of hydrogen-bond donors (Lipinski definition) is 4. The number of halogens is 3. The Kier molecular flexibility index (Phi) is 9.55. The van der Waals surface area contributed by atoms with Gasteiger partial charge in [-0.2, -0.15) is 13.2 Å². The second-order valence-electron chi connectivity index (χ2n) is 10.7. The molecule has 2 fully saturated rings. The van der Waals surface area contributed by atoms with Crippen LogP contribution in [0.5, 0.6) is 5.88 Å². The maximum absolute atomic E-state index is 13.2. The fraction of sp³-hybridized carbons (Fsp3) is 0.552. The van der Waals surface area contributed by atoms with E-state index in [4.69, 9.17) is 9.47 Å². The Morgan fingerprint density at radius 2 is 1.95 bits per heavy atom. The zero-order valence-corrected chi connectivity index (χ0v) is 23.2. The Hall–Kier alpha value is -3.22. The van der Waals surface area contributed by atoms with Crippen molar-refractivity contribution >= 4 is 11.8 Å². The predicted molar refractivity (Wildman–Crippen MR) is 144 cm³/mol. The van der Waals surface area contributed by atoms with Crippen LogP contribution < -0.4 is 20.7 Å². The molecule has 0 spiro atoms. The standard InChI is InChI=1S/C29H37F3N4O5/c1-3-13-41-23-16-33-18-28(23,20-9-11-27(39,12-10-20)22-7-8-25(40-2)34-15-22)36-24(37)17-35-26(38)19-5-4-6-21(14-19)29(30,31)32/h4-8,14-15,20,23,33,39H,3,9-13,16-18H2,1-2H3,(H,35,38)(H,36,37)/t20?,23-,27?,28+/m0/s1. The van der Waals surface area contributed by atoms with Crippen molar-refractivity contribution in [3.05, 3.63) is 59.3 Å². The number of aromatic nitrogens is 1. The number of ether oxygens (including phenoxy) is 2. The van der Waals surface area contributed by atoms with Crippen molar-refractivity contribution in [3.8, 4) is 5.88 Å². The van der Waals surface area contributed by atoms with E-state index in [2.05, 4.69) is 20.9 Å². The minimum atomic E-state index is -4.58. The number of benzene rings is 1. The second-order valence-corrected chi connectivity index (χ2v) is 10.7. The zero-order valence-electron chi connectivity index (χ0n) is 23.2. The fourth-order valence-electron chi connectivity index (χ4n) is 5.89. The second kappa shape index (κ2) is 12.7. The van der Waals surface area contributed by atoms with Gasteiger partial charge >= 0.3 is 6.18 Å². The molecule has 224 valence electrons. The van der Waals surface area contributed by atoms with E-state index >= 15 is 0 Å². The molecule has 1 aliphatic heterocycles. The summed E-state index contributed by atoms with van der Waals surface area (Å²) in [4.78, 5) is 30.0.